The standard InChI is InChI=1S/C17H26N2O/c1-17(9-5-6-10-17)13-19-16(20)15(12-18)11-14-7-3-2-4-8-14/h2-4,7-8,15H,5-6,9-13,18H2,1H3,(H,19,20). The van der Waals surface area contributed by atoms with Crippen LogP contribution in [0, 0.1) is 11.3 Å². The molecule has 1 aromatic carbocycles. The van der Waals surface area contributed by atoms with E-state index in [9.17, 15) is 4.79 Å². The van der Waals surface area contributed by atoms with Crippen molar-refractivity contribution in [1.29, 1.82) is 0 Å². The summed E-state index contributed by atoms with van der Waals surface area (Å²) >= 11 is 0. The molecule has 0 radical (unpaired) electrons. The van der Waals surface area contributed by atoms with Crippen LogP contribution in [-0.4, -0.2) is 19.0 Å². The second-order valence-electron chi connectivity index (χ2n) is 6.36. The van der Waals surface area contributed by atoms with Crippen LogP contribution in [0.1, 0.15) is 38.2 Å². The second kappa shape index (κ2) is 6.89. The molecule has 0 aromatic heterocycles. The smallest absolute Gasteiger partial charge is 0.224 e. The van der Waals surface area contributed by atoms with Crippen LogP contribution in [0.3, 0.4) is 0 Å². The third-order valence-corrected chi connectivity index (χ3v) is 4.48. The van der Waals surface area contributed by atoms with E-state index < -0.39 is 0 Å². The molecule has 1 aromatic rings. The molecule has 20 heavy (non-hydrogen) atoms. The van der Waals surface area contributed by atoms with Gasteiger partial charge in [0.15, 0.2) is 0 Å². The van der Waals surface area contributed by atoms with Crippen LogP contribution in [0.2, 0.25) is 0 Å². The number of rotatable bonds is 6. The largest absolute Gasteiger partial charge is 0.355 e. The molecule has 1 atom stereocenters. The highest BCUT2D eigenvalue weighted by Crippen LogP contribution is 2.36. The SMILES string of the molecule is CC1(CNC(=O)C(CN)Cc2ccccc2)CCCC1. The predicted molar refractivity (Wildman–Crippen MR) is 82.3 cm³/mol. The number of hydrogen-bond donors (Lipinski definition) is 2. The van der Waals surface area contributed by atoms with Crippen molar-refractivity contribution in [1.82, 2.24) is 5.32 Å². The maximum Gasteiger partial charge on any atom is 0.224 e. The van der Waals surface area contributed by atoms with Gasteiger partial charge in [-0.3, -0.25) is 4.79 Å². The van der Waals surface area contributed by atoms with Crippen LogP contribution in [0.25, 0.3) is 0 Å². The number of nitrogens with one attached hydrogen (secondary N) is 1. The minimum atomic E-state index is -0.123. The molecule has 1 fully saturated rings. The first-order valence-electron chi connectivity index (χ1n) is 7.65. The molecule has 110 valence electrons. The van der Waals surface area contributed by atoms with Crippen LogP contribution < -0.4 is 11.1 Å². The van der Waals surface area contributed by atoms with Gasteiger partial charge in [0.1, 0.15) is 0 Å². The maximum absolute atomic E-state index is 12.3. The summed E-state index contributed by atoms with van der Waals surface area (Å²) in [6.07, 6.45) is 5.74. The van der Waals surface area contributed by atoms with Gasteiger partial charge >= 0.3 is 0 Å². The van der Waals surface area contributed by atoms with Gasteiger partial charge in [0.25, 0.3) is 0 Å². The number of nitrogens with two attached hydrogens (primary N) is 1. The Kier molecular flexibility index (Phi) is 5.18. The topological polar surface area (TPSA) is 55.1 Å². The van der Waals surface area contributed by atoms with Crippen molar-refractivity contribution in [3.8, 4) is 0 Å². The summed E-state index contributed by atoms with van der Waals surface area (Å²) in [4.78, 5) is 12.3. The van der Waals surface area contributed by atoms with Gasteiger partial charge in [-0.05, 0) is 30.2 Å². The van der Waals surface area contributed by atoms with Crippen molar-refractivity contribution < 1.29 is 4.79 Å². The highest BCUT2D eigenvalue weighted by Gasteiger charge is 2.29. The van der Waals surface area contributed by atoms with Gasteiger partial charge in [0.05, 0.1) is 5.92 Å². The minimum Gasteiger partial charge on any atom is -0.355 e. The number of carbonyl (C=O) groups excluding carboxylic acids is 1. The van der Waals surface area contributed by atoms with Crippen molar-refractivity contribution in [3.63, 3.8) is 0 Å². The molecule has 2 rings (SSSR count). The van der Waals surface area contributed by atoms with Crippen LogP contribution in [0.5, 0.6) is 0 Å². The normalized spacial score (nSPS) is 18.7. The predicted octanol–water partition coefficient (Wildman–Crippen LogP) is 2.50. The van der Waals surface area contributed by atoms with Gasteiger partial charge < -0.3 is 11.1 Å². The second-order valence-corrected chi connectivity index (χ2v) is 6.36. The highest BCUT2D eigenvalue weighted by molar-refractivity contribution is 5.79. The summed E-state index contributed by atoms with van der Waals surface area (Å²) in [7, 11) is 0. The monoisotopic (exact) mass is 274 g/mol. The zero-order chi connectivity index (χ0) is 14.4. The quantitative estimate of drug-likeness (QED) is 0.837. The van der Waals surface area contributed by atoms with E-state index in [-0.39, 0.29) is 11.8 Å². The highest BCUT2D eigenvalue weighted by atomic mass is 16.1. The lowest BCUT2D eigenvalue weighted by molar-refractivity contribution is -0.125. The zero-order valence-corrected chi connectivity index (χ0v) is 12.4. The maximum atomic E-state index is 12.3. The summed E-state index contributed by atoms with van der Waals surface area (Å²) in [5.74, 6) is -0.0214. The lowest BCUT2D eigenvalue weighted by Gasteiger charge is -2.25. The molecule has 0 aliphatic heterocycles. The van der Waals surface area contributed by atoms with Crippen molar-refractivity contribution in [2.24, 2.45) is 17.1 Å². The van der Waals surface area contributed by atoms with Crippen molar-refractivity contribution in [2.45, 2.75) is 39.0 Å². The molecule has 0 saturated heterocycles. The van der Waals surface area contributed by atoms with Crippen LogP contribution >= 0.6 is 0 Å². The first-order chi connectivity index (χ1) is 9.63. The summed E-state index contributed by atoms with van der Waals surface area (Å²) in [6.45, 7) is 3.46. The Morgan fingerprint density at radius 2 is 1.95 bits per heavy atom. The van der Waals surface area contributed by atoms with Gasteiger partial charge in [0, 0.05) is 13.1 Å². The fraction of sp³-hybridized carbons (Fsp3) is 0.588. The summed E-state index contributed by atoms with van der Waals surface area (Å²) in [5.41, 5.74) is 7.24. The van der Waals surface area contributed by atoms with E-state index in [0.29, 0.717) is 12.0 Å². The fourth-order valence-corrected chi connectivity index (χ4v) is 3.03. The Labute approximate surface area is 121 Å². The molecular formula is C17H26N2O. The van der Waals surface area contributed by atoms with Crippen LogP contribution in [-0.2, 0) is 11.2 Å². The Morgan fingerprint density at radius 1 is 1.30 bits per heavy atom. The molecule has 1 aliphatic rings. The van der Waals surface area contributed by atoms with E-state index in [2.05, 4.69) is 12.2 Å². The number of amides is 1. The Balaban J connectivity index is 1.85. The summed E-state index contributed by atoms with van der Waals surface area (Å²) in [6, 6.07) is 10.1. The summed E-state index contributed by atoms with van der Waals surface area (Å²) < 4.78 is 0. The van der Waals surface area contributed by atoms with Crippen molar-refractivity contribution >= 4 is 5.91 Å². The number of hydrogen-bond acceptors (Lipinski definition) is 2. The third kappa shape index (κ3) is 4.07. The minimum absolute atomic E-state index is 0.101. The van der Waals surface area contributed by atoms with Gasteiger partial charge in [-0.15, -0.1) is 0 Å². The van der Waals surface area contributed by atoms with Gasteiger partial charge in [-0.25, -0.2) is 0 Å². The first-order valence-corrected chi connectivity index (χ1v) is 7.65. The Hall–Kier alpha value is -1.35. The number of benzene rings is 1. The third-order valence-electron chi connectivity index (χ3n) is 4.48. The molecule has 3 nitrogen and oxygen atoms in total. The fourth-order valence-electron chi connectivity index (χ4n) is 3.03. The lowest BCUT2D eigenvalue weighted by atomic mass is 9.88. The van der Waals surface area contributed by atoms with E-state index in [1.807, 2.05) is 30.3 Å². The molecule has 1 aliphatic carbocycles. The molecule has 1 unspecified atom stereocenters. The average Bonchev–Trinajstić information content (AvgIpc) is 2.91. The van der Waals surface area contributed by atoms with Gasteiger partial charge in [0.2, 0.25) is 5.91 Å². The molecule has 0 spiro atoms. The molecule has 3 heteroatoms. The van der Waals surface area contributed by atoms with Crippen LogP contribution in [0.15, 0.2) is 30.3 Å². The van der Waals surface area contributed by atoms with Gasteiger partial charge in [-0.2, -0.15) is 0 Å². The van der Waals surface area contributed by atoms with Gasteiger partial charge in [-0.1, -0.05) is 50.1 Å². The molecule has 3 N–H and O–H groups in total. The Morgan fingerprint density at radius 3 is 2.55 bits per heavy atom. The first kappa shape index (κ1) is 15.0. The lowest BCUT2D eigenvalue weighted by Crippen LogP contribution is -2.41. The molecular weight excluding hydrogens is 248 g/mol. The van der Waals surface area contributed by atoms with Crippen LogP contribution in [0.4, 0.5) is 0 Å². The van der Waals surface area contributed by atoms with Crippen molar-refractivity contribution in [3.05, 3.63) is 35.9 Å². The van der Waals surface area contributed by atoms with Crippen molar-refractivity contribution in [2.75, 3.05) is 13.1 Å². The van der Waals surface area contributed by atoms with E-state index in [4.69, 9.17) is 5.73 Å². The van der Waals surface area contributed by atoms with E-state index in [1.54, 1.807) is 0 Å². The molecule has 0 heterocycles. The van der Waals surface area contributed by atoms with E-state index in [1.165, 1.54) is 31.2 Å². The Bertz CT molecular complexity index is 424. The summed E-state index contributed by atoms with van der Waals surface area (Å²) in [5, 5.41) is 3.12. The molecule has 1 amide bonds. The van der Waals surface area contributed by atoms with E-state index >= 15 is 0 Å². The number of carbonyl (C=O) groups is 1. The zero-order valence-electron chi connectivity index (χ0n) is 12.4. The average molecular weight is 274 g/mol. The molecule has 0 bridgehead atoms. The van der Waals surface area contributed by atoms with E-state index in [0.717, 1.165) is 13.0 Å². The molecule has 1 saturated carbocycles.